The number of nitrogens with zero attached hydrogens (tertiary/aromatic N) is 2. The number of hydrogen-bond acceptors (Lipinski definition) is 4. The minimum atomic E-state index is -3.18. The number of imidazole rings is 1. The van der Waals surface area contributed by atoms with Crippen molar-refractivity contribution in [2.75, 3.05) is 6.26 Å². The van der Waals surface area contributed by atoms with Crippen molar-refractivity contribution in [3.05, 3.63) is 35.8 Å². The van der Waals surface area contributed by atoms with Crippen LogP contribution in [0.4, 0.5) is 0 Å². The van der Waals surface area contributed by atoms with Crippen molar-refractivity contribution in [2.24, 2.45) is 0 Å². The summed E-state index contributed by atoms with van der Waals surface area (Å²) in [5, 5.41) is 8.85. The zero-order chi connectivity index (χ0) is 12.6. The molecule has 0 atom stereocenters. The van der Waals surface area contributed by atoms with Gasteiger partial charge >= 0.3 is 5.97 Å². The molecule has 0 fully saturated rings. The fourth-order valence-electron chi connectivity index (χ4n) is 1.53. The number of fused-ring (bicyclic) bond motifs is 1. The lowest BCUT2D eigenvalue weighted by Gasteiger charge is -2.01. The topological polar surface area (TPSA) is 88.7 Å². The molecule has 7 heteroatoms. The Bertz CT molecular complexity index is 687. The predicted molar refractivity (Wildman–Crippen MR) is 60.7 cm³/mol. The standard InChI is InChI=1S/C10H10N2O4S/c1-17(15,16)6-8-4-11-9-3-2-7(10(13)14)5-12(8)9/h2-5H,6H2,1H3,(H,13,14). The van der Waals surface area contributed by atoms with Gasteiger partial charge < -0.3 is 9.51 Å². The maximum atomic E-state index is 11.2. The third-order valence-electron chi connectivity index (χ3n) is 2.24. The molecule has 0 spiro atoms. The van der Waals surface area contributed by atoms with E-state index in [0.717, 1.165) is 6.26 Å². The van der Waals surface area contributed by atoms with E-state index in [2.05, 4.69) is 4.98 Å². The van der Waals surface area contributed by atoms with Crippen LogP contribution in [0.2, 0.25) is 0 Å². The van der Waals surface area contributed by atoms with Gasteiger partial charge in [-0.05, 0) is 12.1 Å². The van der Waals surface area contributed by atoms with E-state index >= 15 is 0 Å². The van der Waals surface area contributed by atoms with Crippen LogP contribution in [-0.4, -0.2) is 35.1 Å². The van der Waals surface area contributed by atoms with E-state index in [9.17, 15) is 13.2 Å². The highest BCUT2D eigenvalue weighted by Crippen LogP contribution is 2.11. The summed E-state index contributed by atoms with van der Waals surface area (Å²) in [7, 11) is -3.18. The molecule has 1 N–H and O–H groups in total. The van der Waals surface area contributed by atoms with Crippen LogP contribution in [0, 0.1) is 0 Å². The fraction of sp³-hybridized carbons (Fsp3) is 0.200. The van der Waals surface area contributed by atoms with Crippen LogP contribution >= 0.6 is 0 Å². The Morgan fingerprint density at radius 3 is 2.76 bits per heavy atom. The number of aromatic nitrogens is 2. The lowest BCUT2D eigenvalue weighted by molar-refractivity contribution is 0.0696. The molecule has 0 aromatic carbocycles. The van der Waals surface area contributed by atoms with Crippen LogP contribution in [0.15, 0.2) is 24.5 Å². The minimum Gasteiger partial charge on any atom is -0.478 e. The number of carboxylic acids is 1. The van der Waals surface area contributed by atoms with E-state index in [4.69, 9.17) is 5.11 Å². The summed E-state index contributed by atoms with van der Waals surface area (Å²) >= 11 is 0. The molecule has 0 bridgehead atoms. The second-order valence-electron chi connectivity index (χ2n) is 3.77. The maximum Gasteiger partial charge on any atom is 0.337 e. The number of hydrogen-bond donors (Lipinski definition) is 1. The second-order valence-corrected chi connectivity index (χ2v) is 5.91. The van der Waals surface area contributed by atoms with Gasteiger partial charge in [-0.3, -0.25) is 0 Å². The maximum absolute atomic E-state index is 11.2. The third kappa shape index (κ3) is 2.44. The van der Waals surface area contributed by atoms with Crippen LogP contribution < -0.4 is 0 Å². The fourth-order valence-corrected chi connectivity index (χ4v) is 2.28. The lowest BCUT2D eigenvalue weighted by atomic mass is 10.3. The van der Waals surface area contributed by atoms with Gasteiger partial charge in [-0.15, -0.1) is 0 Å². The van der Waals surface area contributed by atoms with E-state index in [1.165, 1.54) is 28.9 Å². The van der Waals surface area contributed by atoms with Crippen LogP contribution in [0.5, 0.6) is 0 Å². The SMILES string of the molecule is CS(=O)(=O)Cc1cnc2ccc(C(=O)O)cn12. The summed E-state index contributed by atoms with van der Waals surface area (Å²) in [6.07, 6.45) is 3.92. The average molecular weight is 254 g/mol. The van der Waals surface area contributed by atoms with Crippen LogP contribution in [0.25, 0.3) is 5.65 Å². The van der Waals surface area contributed by atoms with Crippen LogP contribution in [0.3, 0.4) is 0 Å². The normalized spacial score (nSPS) is 11.8. The molecule has 6 nitrogen and oxygen atoms in total. The summed E-state index contributed by atoms with van der Waals surface area (Å²) in [5.74, 6) is -1.23. The Morgan fingerprint density at radius 2 is 2.18 bits per heavy atom. The number of carbonyl (C=O) groups is 1. The Balaban J connectivity index is 2.58. The molecule has 2 rings (SSSR count). The third-order valence-corrected chi connectivity index (χ3v) is 3.06. The van der Waals surface area contributed by atoms with E-state index in [-0.39, 0.29) is 11.3 Å². The van der Waals surface area contributed by atoms with Gasteiger partial charge in [-0.1, -0.05) is 0 Å². The first-order valence-electron chi connectivity index (χ1n) is 4.74. The average Bonchev–Trinajstić information content (AvgIpc) is 2.58. The molecule has 0 radical (unpaired) electrons. The van der Waals surface area contributed by atoms with Crippen molar-refractivity contribution >= 4 is 21.5 Å². The van der Waals surface area contributed by atoms with Gasteiger partial charge in [0.2, 0.25) is 0 Å². The molecule has 0 aliphatic heterocycles. The van der Waals surface area contributed by atoms with Gasteiger partial charge in [-0.25, -0.2) is 18.2 Å². The summed E-state index contributed by atoms with van der Waals surface area (Å²) < 4.78 is 23.9. The second kappa shape index (κ2) is 3.85. The highest BCUT2D eigenvalue weighted by Gasteiger charge is 2.11. The van der Waals surface area contributed by atoms with Gasteiger partial charge in [0.1, 0.15) is 5.65 Å². The Hall–Kier alpha value is -1.89. The Labute approximate surface area is 97.4 Å². The molecular weight excluding hydrogens is 244 g/mol. The number of aromatic carboxylic acids is 1. The predicted octanol–water partition coefficient (Wildman–Crippen LogP) is 0.577. The highest BCUT2D eigenvalue weighted by atomic mass is 32.2. The van der Waals surface area contributed by atoms with E-state index in [0.29, 0.717) is 11.3 Å². The number of rotatable bonds is 3. The molecule has 2 heterocycles. The molecule has 0 aliphatic rings. The zero-order valence-corrected chi connectivity index (χ0v) is 9.81. The molecule has 0 saturated heterocycles. The summed E-state index contributed by atoms with van der Waals surface area (Å²) in [4.78, 5) is 14.8. The van der Waals surface area contributed by atoms with Crippen molar-refractivity contribution in [3.63, 3.8) is 0 Å². The number of sulfone groups is 1. The van der Waals surface area contributed by atoms with Crippen molar-refractivity contribution in [1.82, 2.24) is 9.38 Å². The summed E-state index contributed by atoms with van der Waals surface area (Å²) in [6.45, 7) is 0. The van der Waals surface area contributed by atoms with Crippen molar-refractivity contribution in [1.29, 1.82) is 0 Å². The first-order chi connectivity index (χ1) is 7.87. The van der Waals surface area contributed by atoms with Gasteiger partial charge in [0.25, 0.3) is 0 Å². The largest absolute Gasteiger partial charge is 0.478 e. The highest BCUT2D eigenvalue weighted by molar-refractivity contribution is 7.89. The van der Waals surface area contributed by atoms with Crippen molar-refractivity contribution in [2.45, 2.75) is 5.75 Å². The molecule has 0 saturated carbocycles. The number of pyridine rings is 1. The molecule has 90 valence electrons. The summed E-state index contributed by atoms with van der Waals surface area (Å²) in [5.41, 5.74) is 1.06. The number of carboxylic acid groups (broad SMARTS) is 1. The van der Waals surface area contributed by atoms with Crippen LogP contribution in [0.1, 0.15) is 16.1 Å². The van der Waals surface area contributed by atoms with E-state index in [1.807, 2.05) is 0 Å². The van der Waals surface area contributed by atoms with E-state index < -0.39 is 15.8 Å². The minimum absolute atomic E-state index is 0.0882. The van der Waals surface area contributed by atoms with Gasteiger partial charge in [-0.2, -0.15) is 0 Å². The monoisotopic (exact) mass is 254 g/mol. The molecule has 2 aromatic rings. The van der Waals surface area contributed by atoms with Crippen molar-refractivity contribution in [3.8, 4) is 0 Å². The zero-order valence-electron chi connectivity index (χ0n) is 8.99. The molecule has 0 unspecified atom stereocenters. The first-order valence-corrected chi connectivity index (χ1v) is 6.80. The van der Waals surface area contributed by atoms with Crippen molar-refractivity contribution < 1.29 is 18.3 Å². The molecule has 2 aromatic heterocycles. The molecule has 17 heavy (non-hydrogen) atoms. The smallest absolute Gasteiger partial charge is 0.337 e. The molecule has 0 amide bonds. The molecular formula is C10H10N2O4S. The summed E-state index contributed by atoms with van der Waals surface area (Å²) in [6, 6.07) is 2.96. The quantitative estimate of drug-likeness (QED) is 0.865. The van der Waals surface area contributed by atoms with Crippen LogP contribution in [-0.2, 0) is 15.6 Å². The van der Waals surface area contributed by atoms with Gasteiger partial charge in [0.15, 0.2) is 9.84 Å². The van der Waals surface area contributed by atoms with E-state index in [1.54, 1.807) is 0 Å². The Kier molecular flexibility index (Phi) is 2.62. The lowest BCUT2D eigenvalue weighted by Crippen LogP contribution is -2.05. The molecule has 0 aliphatic carbocycles. The Morgan fingerprint density at radius 1 is 1.47 bits per heavy atom. The van der Waals surface area contributed by atoms with Gasteiger partial charge in [0, 0.05) is 12.5 Å². The first kappa shape index (κ1) is 11.6. The van der Waals surface area contributed by atoms with Gasteiger partial charge in [0.05, 0.1) is 23.2 Å².